The number of carbonyl (C=O) groups excluding carboxylic acids is 1. The molecule has 1 amide bonds. The van der Waals surface area contributed by atoms with E-state index in [0.717, 1.165) is 6.54 Å². The monoisotopic (exact) mass is 274 g/mol. The van der Waals surface area contributed by atoms with Crippen molar-refractivity contribution >= 4 is 5.91 Å². The summed E-state index contributed by atoms with van der Waals surface area (Å²) < 4.78 is 0. The molecule has 0 saturated carbocycles. The minimum atomic E-state index is 0.0218. The molecule has 20 heavy (non-hydrogen) atoms. The second-order valence-corrected chi connectivity index (χ2v) is 6.95. The number of carbonyl (C=O) groups is 1. The molecule has 1 fully saturated rings. The summed E-state index contributed by atoms with van der Waals surface area (Å²) in [6.45, 7) is 12.3. The van der Waals surface area contributed by atoms with Crippen LogP contribution in [-0.2, 0) is 4.79 Å². The second-order valence-electron chi connectivity index (χ2n) is 6.95. The highest BCUT2D eigenvalue weighted by atomic mass is 16.2. The average molecular weight is 274 g/mol. The van der Waals surface area contributed by atoms with Gasteiger partial charge in [-0.25, -0.2) is 0 Å². The Morgan fingerprint density at radius 1 is 1.35 bits per heavy atom. The van der Waals surface area contributed by atoms with Crippen molar-refractivity contribution in [2.24, 2.45) is 11.3 Å². The molecular formula is C17H26N2O. The number of rotatable bonds is 3. The third kappa shape index (κ3) is 3.04. The molecule has 110 valence electrons. The van der Waals surface area contributed by atoms with Gasteiger partial charge in [0.15, 0.2) is 0 Å². The molecule has 0 aromatic heterocycles. The summed E-state index contributed by atoms with van der Waals surface area (Å²) in [5.41, 5.74) is 2.65. The largest absolute Gasteiger partial charge is 0.322 e. The number of nitrogens with one attached hydrogen (secondary N) is 1. The number of hydrogen-bond acceptors (Lipinski definition) is 2. The summed E-state index contributed by atoms with van der Waals surface area (Å²) in [7, 11) is 0. The van der Waals surface area contributed by atoms with Gasteiger partial charge >= 0.3 is 0 Å². The van der Waals surface area contributed by atoms with Crippen molar-refractivity contribution in [2.75, 3.05) is 13.1 Å². The average Bonchev–Trinajstić information content (AvgIpc) is 2.71. The third-order valence-corrected chi connectivity index (χ3v) is 4.51. The molecule has 1 aliphatic heterocycles. The summed E-state index contributed by atoms with van der Waals surface area (Å²) in [4.78, 5) is 14.2. The fourth-order valence-electron chi connectivity index (χ4n) is 2.49. The maximum Gasteiger partial charge on any atom is 0.238 e. The van der Waals surface area contributed by atoms with Gasteiger partial charge in [0.25, 0.3) is 0 Å². The summed E-state index contributed by atoms with van der Waals surface area (Å²) in [5, 5.41) is 3.35. The summed E-state index contributed by atoms with van der Waals surface area (Å²) >= 11 is 0. The standard InChI is InChI=1S/C17H26N2O/c1-12-8-6-7-9-14(12)16-18-10-15(20)19(16)11-13(2)17(3,4)5/h6-9,13,16,18H,10-11H2,1-5H3. The van der Waals surface area contributed by atoms with Crippen LogP contribution in [-0.4, -0.2) is 23.9 Å². The number of amides is 1. The van der Waals surface area contributed by atoms with Gasteiger partial charge in [0.1, 0.15) is 6.17 Å². The molecule has 1 aromatic carbocycles. The SMILES string of the molecule is Cc1ccccc1C1NCC(=O)N1CC(C)C(C)(C)C. The molecule has 1 saturated heterocycles. The van der Waals surface area contributed by atoms with Gasteiger partial charge in [0.2, 0.25) is 5.91 Å². The van der Waals surface area contributed by atoms with E-state index in [1.54, 1.807) is 0 Å². The van der Waals surface area contributed by atoms with Gasteiger partial charge in [-0.05, 0) is 29.4 Å². The highest BCUT2D eigenvalue weighted by Crippen LogP contribution is 2.31. The molecular weight excluding hydrogens is 248 g/mol. The zero-order chi connectivity index (χ0) is 14.9. The Morgan fingerprint density at radius 3 is 2.60 bits per heavy atom. The van der Waals surface area contributed by atoms with Crippen LogP contribution in [0.4, 0.5) is 0 Å². The van der Waals surface area contributed by atoms with E-state index in [9.17, 15) is 4.79 Å². The van der Waals surface area contributed by atoms with E-state index in [2.05, 4.69) is 52.1 Å². The number of benzene rings is 1. The molecule has 3 nitrogen and oxygen atoms in total. The van der Waals surface area contributed by atoms with Gasteiger partial charge in [-0.15, -0.1) is 0 Å². The molecule has 2 unspecified atom stereocenters. The van der Waals surface area contributed by atoms with Crippen LogP contribution >= 0.6 is 0 Å². The van der Waals surface area contributed by atoms with E-state index < -0.39 is 0 Å². The van der Waals surface area contributed by atoms with Crippen molar-refractivity contribution in [3.63, 3.8) is 0 Å². The first-order valence-electron chi connectivity index (χ1n) is 7.39. The van der Waals surface area contributed by atoms with Gasteiger partial charge < -0.3 is 4.90 Å². The fourth-order valence-corrected chi connectivity index (χ4v) is 2.49. The predicted octanol–water partition coefficient (Wildman–Crippen LogP) is 3.11. The van der Waals surface area contributed by atoms with E-state index in [1.165, 1.54) is 11.1 Å². The van der Waals surface area contributed by atoms with Crippen LogP contribution in [0.15, 0.2) is 24.3 Å². The van der Waals surface area contributed by atoms with Gasteiger partial charge in [-0.2, -0.15) is 0 Å². The maximum absolute atomic E-state index is 12.2. The lowest BCUT2D eigenvalue weighted by molar-refractivity contribution is -0.129. The Kier molecular flexibility index (Phi) is 4.19. The molecule has 1 N–H and O–H groups in total. The van der Waals surface area contributed by atoms with Crippen LogP contribution in [0.5, 0.6) is 0 Å². The number of aryl methyl sites for hydroxylation is 1. The molecule has 2 rings (SSSR count). The molecule has 3 heteroatoms. The van der Waals surface area contributed by atoms with Crippen LogP contribution in [0.2, 0.25) is 0 Å². The molecule has 1 heterocycles. The predicted molar refractivity (Wildman–Crippen MR) is 82.3 cm³/mol. The lowest BCUT2D eigenvalue weighted by atomic mass is 9.81. The molecule has 0 aliphatic carbocycles. The smallest absolute Gasteiger partial charge is 0.238 e. The van der Waals surface area contributed by atoms with Crippen LogP contribution < -0.4 is 5.32 Å². The molecule has 2 atom stereocenters. The van der Waals surface area contributed by atoms with Crippen molar-refractivity contribution in [3.05, 3.63) is 35.4 Å². The Bertz CT molecular complexity index is 490. The van der Waals surface area contributed by atoms with E-state index in [-0.39, 0.29) is 17.5 Å². The van der Waals surface area contributed by atoms with Crippen molar-refractivity contribution in [2.45, 2.75) is 40.8 Å². The van der Waals surface area contributed by atoms with Crippen LogP contribution in [0, 0.1) is 18.3 Å². The van der Waals surface area contributed by atoms with Gasteiger partial charge in [0.05, 0.1) is 6.54 Å². The summed E-state index contributed by atoms with van der Waals surface area (Å²) in [6, 6.07) is 8.29. The fraction of sp³-hybridized carbons (Fsp3) is 0.588. The third-order valence-electron chi connectivity index (χ3n) is 4.51. The molecule has 0 radical (unpaired) electrons. The second kappa shape index (κ2) is 5.57. The summed E-state index contributed by atoms with van der Waals surface area (Å²) in [6.07, 6.45) is 0.0218. The highest BCUT2D eigenvalue weighted by molar-refractivity contribution is 5.81. The topological polar surface area (TPSA) is 32.3 Å². The Balaban J connectivity index is 2.22. The normalized spacial score (nSPS) is 21.4. The van der Waals surface area contributed by atoms with E-state index in [1.807, 2.05) is 17.0 Å². The minimum absolute atomic E-state index is 0.0218. The zero-order valence-corrected chi connectivity index (χ0v) is 13.2. The van der Waals surface area contributed by atoms with Crippen LogP contribution in [0.3, 0.4) is 0 Å². The van der Waals surface area contributed by atoms with E-state index >= 15 is 0 Å². The van der Waals surface area contributed by atoms with Crippen molar-refractivity contribution < 1.29 is 4.79 Å². The zero-order valence-electron chi connectivity index (χ0n) is 13.2. The number of hydrogen-bond donors (Lipinski definition) is 1. The van der Waals surface area contributed by atoms with Crippen molar-refractivity contribution in [3.8, 4) is 0 Å². The van der Waals surface area contributed by atoms with Gasteiger partial charge in [0, 0.05) is 6.54 Å². The Morgan fingerprint density at radius 2 is 2.00 bits per heavy atom. The first-order valence-corrected chi connectivity index (χ1v) is 7.39. The highest BCUT2D eigenvalue weighted by Gasteiger charge is 2.35. The van der Waals surface area contributed by atoms with Crippen molar-refractivity contribution in [1.82, 2.24) is 10.2 Å². The van der Waals surface area contributed by atoms with Gasteiger partial charge in [-0.1, -0.05) is 52.0 Å². The Hall–Kier alpha value is -1.35. The first kappa shape index (κ1) is 15.0. The molecule has 1 aromatic rings. The van der Waals surface area contributed by atoms with E-state index in [0.29, 0.717) is 12.5 Å². The molecule has 0 spiro atoms. The lowest BCUT2D eigenvalue weighted by Gasteiger charge is -2.34. The first-order chi connectivity index (χ1) is 9.30. The minimum Gasteiger partial charge on any atom is -0.322 e. The van der Waals surface area contributed by atoms with Crippen molar-refractivity contribution in [1.29, 1.82) is 0 Å². The number of nitrogens with zero attached hydrogens (tertiary/aromatic N) is 1. The molecule has 0 bridgehead atoms. The Labute approximate surface area is 122 Å². The van der Waals surface area contributed by atoms with E-state index in [4.69, 9.17) is 0 Å². The molecule has 1 aliphatic rings. The quantitative estimate of drug-likeness (QED) is 0.918. The maximum atomic E-state index is 12.2. The van der Waals surface area contributed by atoms with Gasteiger partial charge in [-0.3, -0.25) is 10.1 Å². The van der Waals surface area contributed by atoms with Crippen LogP contribution in [0.25, 0.3) is 0 Å². The summed E-state index contributed by atoms with van der Waals surface area (Å²) in [5.74, 6) is 0.659. The lowest BCUT2D eigenvalue weighted by Crippen LogP contribution is -2.38. The van der Waals surface area contributed by atoms with Crippen LogP contribution in [0.1, 0.15) is 45.0 Å².